The number of ether oxygens (including phenoxy) is 1. The van der Waals surface area contributed by atoms with Crippen molar-refractivity contribution in [2.75, 3.05) is 11.9 Å². The lowest BCUT2D eigenvalue weighted by Crippen LogP contribution is -2.25. The summed E-state index contributed by atoms with van der Waals surface area (Å²) in [6, 6.07) is 8.89. The van der Waals surface area contributed by atoms with Crippen molar-refractivity contribution in [3.8, 4) is 5.75 Å². The zero-order valence-corrected chi connectivity index (χ0v) is 14.3. The third-order valence-corrected chi connectivity index (χ3v) is 4.30. The van der Waals surface area contributed by atoms with Gasteiger partial charge >= 0.3 is 6.36 Å². The summed E-state index contributed by atoms with van der Waals surface area (Å²) in [6.07, 6.45) is -4.34. The zero-order valence-electron chi connectivity index (χ0n) is 14.3. The van der Waals surface area contributed by atoms with E-state index in [4.69, 9.17) is 0 Å². The van der Waals surface area contributed by atoms with E-state index in [9.17, 15) is 22.4 Å². The minimum absolute atomic E-state index is 0.0363. The Morgan fingerprint density at radius 2 is 1.96 bits per heavy atom. The van der Waals surface area contributed by atoms with Crippen molar-refractivity contribution in [1.29, 1.82) is 0 Å². The van der Waals surface area contributed by atoms with Gasteiger partial charge in [-0.1, -0.05) is 24.3 Å². The first-order valence-electron chi connectivity index (χ1n) is 8.48. The van der Waals surface area contributed by atoms with Crippen LogP contribution in [0.25, 0.3) is 0 Å². The zero-order chi connectivity index (χ0) is 19.4. The van der Waals surface area contributed by atoms with Gasteiger partial charge in [0.05, 0.1) is 5.69 Å². The number of hydrogen-bond acceptors (Lipinski definition) is 3. The number of amides is 1. The second-order valence-corrected chi connectivity index (χ2v) is 6.20. The number of benzene rings is 2. The van der Waals surface area contributed by atoms with Crippen LogP contribution in [0, 0.1) is 5.82 Å². The Balaban J connectivity index is 1.64. The molecule has 2 aromatic rings. The van der Waals surface area contributed by atoms with Gasteiger partial charge in [-0.25, -0.2) is 4.39 Å². The topological polar surface area (TPSA) is 50.4 Å². The fourth-order valence-corrected chi connectivity index (χ4v) is 3.03. The minimum Gasteiger partial charge on any atom is -0.406 e. The molecule has 1 heterocycles. The fraction of sp³-hybridized carbons (Fsp3) is 0.316. The molecule has 1 aliphatic rings. The third-order valence-electron chi connectivity index (χ3n) is 4.30. The molecule has 27 heavy (non-hydrogen) atoms. The maximum Gasteiger partial charge on any atom is 0.573 e. The van der Waals surface area contributed by atoms with Gasteiger partial charge < -0.3 is 15.4 Å². The molecule has 0 saturated carbocycles. The van der Waals surface area contributed by atoms with Gasteiger partial charge in [-0.15, -0.1) is 13.2 Å². The largest absolute Gasteiger partial charge is 0.573 e. The van der Waals surface area contributed by atoms with Crippen LogP contribution >= 0.6 is 0 Å². The van der Waals surface area contributed by atoms with E-state index < -0.39 is 18.1 Å². The van der Waals surface area contributed by atoms with E-state index in [-0.39, 0.29) is 29.8 Å². The molecule has 3 rings (SSSR count). The second-order valence-electron chi connectivity index (χ2n) is 6.20. The third kappa shape index (κ3) is 4.97. The lowest BCUT2D eigenvalue weighted by molar-refractivity contribution is -0.274. The van der Waals surface area contributed by atoms with Crippen molar-refractivity contribution in [3.05, 3.63) is 58.9 Å². The fourth-order valence-electron chi connectivity index (χ4n) is 3.03. The highest BCUT2D eigenvalue weighted by Crippen LogP contribution is 2.28. The van der Waals surface area contributed by atoms with Crippen LogP contribution in [-0.4, -0.2) is 18.8 Å². The van der Waals surface area contributed by atoms with E-state index in [1.54, 1.807) is 12.1 Å². The molecule has 0 radical (unpaired) electrons. The van der Waals surface area contributed by atoms with E-state index in [0.29, 0.717) is 25.1 Å². The number of rotatable bonds is 5. The predicted molar refractivity (Wildman–Crippen MR) is 91.9 cm³/mol. The quantitative estimate of drug-likeness (QED) is 0.771. The highest BCUT2D eigenvalue weighted by Gasteiger charge is 2.32. The minimum atomic E-state index is -4.81. The van der Waals surface area contributed by atoms with Gasteiger partial charge in [0.15, 0.2) is 0 Å². The van der Waals surface area contributed by atoms with Crippen molar-refractivity contribution in [2.24, 2.45) is 0 Å². The number of hydrogen-bond donors (Lipinski definition) is 2. The summed E-state index contributed by atoms with van der Waals surface area (Å²) in [5.74, 6) is -1.28. The number of nitrogens with one attached hydrogen (secondary N) is 2. The first-order chi connectivity index (χ1) is 12.8. The summed E-state index contributed by atoms with van der Waals surface area (Å²) < 4.78 is 55.8. The molecule has 144 valence electrons. The van der Waals surface area contributed by atoms with Crippen LogP contribution in [-0.2, 0) is 24.2 Å². The van der Waals surface area contributed by atoms with E-state index in [1.807, 2.05) is 0 Å². The van der Waals surface area contributed by atoms with Crippen molar-refractivity contribution >= 4 is 11.6 Å². The van der Waals surface area contributed by atoms with Crippen LogP contribution in [0.4, 0.5) is 23.2 Å². The van der Waals surface area contributed by atoms with Crippen LogP contribution in [0.1, 0.15) is 23.1 Å². The Morgan fingerprint density at radius 1 is 1.19 bits per heavy atom. The molecule has 4 nitrogen and oxygen atoms in total. The van der Waals surface area contributed by atoms with Crippen molar-refractivity contribution in [2.45, 2.75) is 32.2 Å². The van der Waals surface area contributed by atoms with Crippen LogP contribution in [0.15, 0.2) is 36.4 Å². The van der Waals surface area contributed by atoms with E-state index in [0.717, 1.165) is 5.56 Å². The first-order valence-corrected chi connectivity index (χ1v) is 8.48. The van der Waals surface area contributed by atoms with Gasteiger partial charge in [0.1, 0.15) is 11.6 Å². The monoisotopic (exact) mass is 382 g/mol. The highest BCUT2D eigenvalue weighted by molar-refractivity contribution is 5.91. The Kier molecular flexibility index (Phi) is 5.65. The van der Waals surface area contributed by atoms with Crippen LogP contribution in [0.3, 0.4) is 0 Å². The Labute approximate surface area is 153 Å². The molecule has 0 saturated heterocycles. The van der Waals surface area contributed by atoms with Gasteiger partial charge in [0.25, 0.3) is 0 Å². The number of para-hydroxylation sites is 1. The number of carbonyl (C=O) groups is 1. The van der Waals surface area contributed by atoms with Gasteiger partial charge in [-0.05, 0) is 48.2 Å². The summed E-state index contributed by atoms with van der Waals surface area (Å²) >= 11 is 0. The molecule has 2 N–H and O–H groups in total. The first kappa shape index (κ1) is 19.2. The van der Waals surface area contributed by atoms with Crippen LogP contribution in [0.2, 0.25) is 0 Å². The Bertz CT molecular complexity index is 837. The molecule has 0 unspecified atom stereocenters. The van der Waals surface area contributed by atoms with Gasteiger partial charge in [0, 0.05) is 13.0 Å². The number of aryl methyl sites for hydroxylation is 1. The van der Waals surface area contributed by atoms with Crippen molar-refractivity contribution in [1.82, 2.24) is 5.32 Å². The van der Waals surface area contributed by atoms with E-state index in [2.05, 4.69) is 15.4 Å². The average Bonchev–Trinajstić information content (AvgIpc) is 2.62. The SMILES string of the molecule is O=C(CCc1ccccc1OC(F)(F)F)Nc1ccc2c(c1F)CCNC2. The summed E-state index contributed by atoms with van der Waals surface area (Å²) in [7, 11) is 0. The summed E-state index contributed by atoms with van der Waals surface area (Å²) in [4.78, 5) is 12.1. The van der Waals surface area contributed by atoms with E-state index >= 15 is 0 Å². The molecule has 1 aliphatic heterocycles. The van der Waals surface area contributed by atoms with Gasteiger partial charge in [-0.2, -0.15) is 0 Å². The van der Waals surface area contributed by atoms with Crippen LogP contribution in [0.5, 0.6) is 5.75 Å². The Hall–Kier alpha value is -2.61. The molecule has 1 amide bonds. The number of alkyl halides is 3. The highest BCUT2D eigenvalue weighted by atomic mass is 19.4. The normalized spacial score (nSPS) is 13.8. The summed E-state index contributed by atoms with van der Waals surface area (Å²) in [5.41, 5.74) is 1.77. The molecule has 0 fully saturated rings. The number of carbonyl (C=O) groups excluding carboxylic acids is 1. The smallest absolute Gasteiger partial charge is 0.406 e. The van der Waals surface area contributed by atoms with E-state index in [1.165, 1.54) is 24.3 Å². The lowest BCUT2D eigenvalue weighted by Gasteiger charge is -2.19. The van der Waals surface area contributed by atoms with Gasteiger partial charge in [0.2, 0.25) is 5.91 Å². The maximum atomic E-state index is 14.5. The molecule has 8 heteroatoms. The number of anilines is 1. The van der Waals surface area contributed by atoms with Crippen LogP contribution < -0.4 is 15.4 Å². The lowest BCUT2D eigenvalue weighted by atomic mass is 9.99. The molecule has 0 atom stereocenters. The maximum absolute atomic E-state index is 14.5. The predicted octanol–water partition coefficient (Wildman–Crippen LogP) is 3.94. The van der Waals surface area contributed by atoms with Crippen molar-refractivity contribution < 1.29 is 27.1 Å². The molecular formula is C19H18F4N2O2. The molecule has 0 aliphatic carbocycles. The molecule has 0 bridgehead atoms. The average molecular weight is 382 g/mol. The van der Waals surface area contributed by atoms with Crippen molar-refractivity contribution in [3.63, 3.8) is 0 Å². The Morgan fingerprint density at radius 3 is 2.74 bits per heavy atom. The number of halogens is 4. The summed E-state index contributed by atoms with van der Waals surface area (Å²) in [5, 5.41) is 5.64. The number of fused-ring (bicyclic) bond motifs is 1. The molecule has 2 aromatic carbocycles. The molecule has 0 spiro atoms. The van der Waals surface area contributed by atoms with Gasteiger partial charge in [-0.3, -0.25) is 4.79 Å². The molecular weight excluding hydrogens is 364 g/mol. The molecule has 0 aromatic heterocycles. The second kappa shape index (κ2) is 7.96. The standard InChI is InChI=1S/C19H18F4N2O2/c20-18-14-9-10-24-11-13(14)5-7-15(18)25-17(26)8-6-12-3-1-2-4-16(12)27-19(21,22)23/h1-5,7,24H,6,8-11H2,(H,25,26). The summed E-state index contributed by atoms with van der Waals surface area (Å²) in [6.45, 7) is 1.24.